The molecule has 0 radical (unpaired) electrons. The molecular formula is C13H16O4S. The lowest BCUT2D eigenvalue weighted by Crippen LogP contribution is -2.24. The predicted molar refractivity (Wildman–Crippen MR) is 67.7 cm³/mol. The van der Waals surface area contributed by atoms with Crippen molar-refractivity contribution >= 4 is 15.6 Å². The Labute approximate surface area is 107 Å². The fourth-order valence-corrected chi connectivity index (χ4v) is 3.93. The molecule has 0 aromatic heterocycles. The number of rotatable bonds is 3. The third-order valence-corrected chi connectivity index (χ3v) is 5.15. The number of benzene rings is 1. The van der Waals surface area contributed by atoms with Gasteiger partial charge in [0, 0.05) is 12.3 Å². The molecule has 98 valence electrons. The summed E-state index contributed by atoms with van der Waals surface area (Å²) in [6, 6.07) is 4.83. The smallest absolute Gasteiger partial charge is 0.178 e. The largest absolute Gasteiger partial charge is 0.497 e. The minimum absolute atomic E-state index is 0.0444. The van der Waals surface area contributed by atoms with Crippen LogP contribution in [0, 0.1) is 0 Å². The van der Waals surface area contributed by atoms with Crippen molar-refractivity contribution in [2.45, 2.75) is 30.6 Å². The molecule has 0 bridgehead atoms. The number of hydrogen-bond donors (Lipinski definition) is 0. The van der Waals surface area contributed by atoms with Crippen molar-refractivity contribution in [2.75, 3.05) is 12.9 Å². The molecule has 18 heavy (non-hydrogen) atoms. The normalized spacial score (nSPS) is 21.1. The van der Waals surface area contributed by atoms with Crippen LogP contribution in [0.4, 0.5) is 0 Å². The van der Waals surface area contributed by atoms with Crippen LogP contribution in [0.5, 0.6) is 5.75 Å². The lowest BCUT2D eigenvalue weighted by molar-refractivity contribution is -0.120. The summed E-state index contributed by atoms with van der Waals surface area (Å²) in [6.07, 6.45) is 0.788. The van der Waals surface area contributed by atoms with Gasteiger partial charge in [0.15, 0.2) is 9.84 Å². The molecular weight excluding hydrogens is 252 g/mol. The summed E-state index contributed by atoms with van der Waals surface area (Å²) in [6.45, 7) is 1.80. The van der Waals surface area contributed by atoms with Gasteiger partial charge in [-0.2, -0.15) is 0 Å². The van der Waals surface area contributed by atoms with Gasteiger partial charge in [-0.05, 0) is 30.2 Å². The standard InChI is InChI=1S/C13H16O4S/c1-3-12(14)10-6-7-18(15,16)13-5-4-9(17-2)8-11(10)13/h4-5,8,10H,3,6-7H2,1-2H3/t10-/m0/s1. The van der Waals surface area contributed by atoms with Crippen LogP contribution < -0.4 is 4.74 Å². The Morgan fingerprint density at radius 2 is 2.17 bits per heavy atom. The van der Waals surface area contributed by atoms with E-state index in [9.17, 15) is 13.2 Å². The van der Waals surface area contributed by atoms with Crippen LogP contribution >= 0.6 is 0 Å². The van der Waals surface area contributed by atoms with Gasteiger partial charge in [-0.3, -0.25) is 4.79 Å². The number of Topliss-reactive ketones (excluding diaryl/α,β-unsaturated/α-hetero) is 1. The fourth-order valence-electron chi connectivity index (χ4n) is 2.33. The third-order valence-electron chi connectivity index (χ3n) is 3.34. The molecule has 1 aromatic carbocycles. The monoisotopic (exact) mass is 268 g/mol. The molecule has 0 saturated heterocycles. The van der Waals surface area contributed by atoms with E-state index in [0.717, 1.165) is 0 Å². The summed E-state index contributed by atoms with van der Waals surface area (Å²) in [4.78, 5) is 12.2. The molecule has 0 saturated carbocycles. The number of hydrogen-bond acceptors (Lipinski definition) is 4. The predicted octanol–water partition coefficient (Wildman–Crippen LogP) is 1.94. The highest BCUT2D eigenvalue weighted by Gasteiger charge is 2.33. The first-order valence-corrected chi connectivity index (χ1v) is 7.58. The zero-order valence-corrected chi connectivity index (χ0v) is 11.3. The second-order valence-electron chi connectivity index (χ2n) is 4.38. The van der Waals surface area contributed by atoms with Gasteiger partial charge in [-0.25, -0.2) is 8.42 Å². The highest BCUT2D eigenvalue weighted by atomic mass is 32.2. The molecule has 5 heteroatoms. The average Bonchev–Trinajstić information content (AvgIpc) is 2.37. The Morgan fingerprint density at radius 3 is 2.78 bits per heavy atom. The van der Waals surface area contributed by atoms with E-state index in [1.54, 1.807) is 25.1 Å². The first kappa shape index (κ1) is 13.1. The lowest BCUT2D eigenvalue weighted by Gasteiger charge is -2.24. The molecule has 2 rings (SSSR count). The minimum Gasteiger partial charge on any atom is -0.497 e. The van der Waals surface area contributed by atoms with Crippen molar-refractivity contribution in [1.82, 2.24) is 0 Å². The van der Waals surface area contributed by atoms with E-state index >= 15 is 0 Å². The molecule has 0 aliphatic carbocycles. The van der Waals surface area contributed by atoms with Crippen LogP contribution in [0.2, 0.25) is 0 Å². The molecule has 0 spiro atoms. The van der Waals surface area contributed by atoms with Crippen molar-refractivity contribution in [3.8, 4) is 5.75 Å². The number of methoxy groups -OCH3 is 1. The van der Waals surface area contributed by atoms with Gasteiger partial charge in [0.2, 0.25) is 0 Å². The molecule has 0 unspecified atom stereocenters. The van der Waals surface area contributed by atoms with E-state index in [4.69, 9.17) is 4.74 Å². The van der Waals surface area contributed by atoms with E-state index in [2.05, 4.69) is 0 Å². The Hall–Kier alpha value is -1.36. The summed E-state index contributed by atoms with van der Waals surface area (Å²) in [5.41, 5.74) is 0.590. The zero-order chi connectivity index (χ0) is 13.3. The maximum absolute atomic E-state index is 12.0. The zero-order valence-electron chi connectivity index (χ0n) is 10.5. The number of fused-ring (bicyclic) bond motifs is 1. The van der Waals surface area contributed by atoms with Gasteiger partial charge in [0.25, 0.3) is 0 Å². The summed E-state index contributed by atoms with van der Waals surface area (Å²) >= 11 is 0. The number of ether oxygens (including phenoxy) is 1. The van der Waals surface area contributed by atoms with Gasteiger partial charge in [0.1, 0.15) is 11.5 Å². The van der Waals surface area contributed by atoms with Crippen molar-refractivity contribution < 1.29 is 17.9 Å². The molecule has 1 atom stereocenters. The first-order chi connectivity index (χ1) is 8.49. The minimum atomic E-state index is -3.25. The van der Waals surface area contributed by atoms with Crippen molar-refractivity contribution in [3.63, 3.8) is 0 Å². The topological polar surface area (TPSA) is 60.4 Å². The van der Waals surface area contributed by atoms with Crippen LogP contribution in [0.3, 0.4) is 0 Å². The summed E-state index contributed by atoms with van der Waals surface area (Å²) in [7, 11) is -1.73. The van der Waals surface area contributed by atoms with Crippen LogP contribution in [0.1, 0.15) is 31.2 Å². The van der Waals surface area contributed by atoms with Crippen LogP contribution in [0.15, 0.2) is 23.1 Å². The SMILES string of the molecule is CCC(=O)[C@H]1CCS(=O)(=O)c2ccc(OC)cc21. The van der Waals surface area contributed by atoms with Gasteiger partial charge < -0.3 is 4.74 Å². The number of ketones is 1. The molecule has 1 aliphatic rings. The van der Waals surface area contributed by atoms with Crippen molar-refractivity contribution in [3.05, 3.63) is 23.8 Å². The third kappa shape index (κ3) is 2.14. The van der Waals surface area contributed by atoms with Gasteiger partial charge in [-0.15, -0.1) is 0 Å². The Morgan fingerprint density at radius 1 is 1.44 bits per heavy atom. The maximum Gasteiger partial charge on any atom is 0.178 e. The highest BCUT2D eigenvalue weighted by molar-refractivity contribution is 7.91. The van der Waals surface area contributed by atoms with Gasteiger partial charge in [0.05, 0.1) is 17.8 Å². The Bertz CT molecular complexity index is 575. The average molecular weight is 268 g/mol. The summed E-state index contributed by atoms with van der Waals surface area (Å²) in [5, 5.41) is 0. The molecule has 0 amide bonds. The van der Waals surface area contributed by atoms with E-state index in [1.165, 1.54) is 7.11 Å². The van der Waals surface area contributed by atoms with Crippen molar-refractivity contribution in [2.24, 2.45) is 0 Å². The first-order valence-electron chi connectivity index (χ1n) is 5.93. The Kier molecular flexibility index (Phi) is 3.43. The van der Waals surface area contributed by atoms with Gasteiger partial charge in [-0.1, -0.05) is 6.92 Å². The van der Waals surface area contributed by atoms with E-state index in [-0.39, 0.29) is 22.3 Å². The lowest BCUT2D eigenvalue weighted by atomic mass is 9.90. The fraction of sp³-hybridized carbons (Fsp3) is 0.462. The molecule has 1 aromatic rings. The molecule has 1 aliphatic heterocycles. The summed E-state index contributed by atoms with van der Waals surface area (Å²) in [5.74, 6) is 0.394. The second-order valence-corrected chi connectivity index (χ2v) is 6.46. The summed E-state index contributed by atoms with van der Waals surface area (Å²) < 4.78 is 29.1. The number of carbonyl (C=O) groups excluding carboxylic acids is 1. The number of sulfone groups is 1. The van der Waals surface area contributed by atoms with Crippen LogP contribution in [0.25, 0.3) is 0 Å². The molecule has 4 nitrogen and oxygen atoms in total. The Balaban J connectivity index is 2.59. The number of carbonyl (C=O) groups is 1. The van der Waals surface area contributed by atoms with Gasteiger partial charge >= 0.3 is 0 Å². The van der Waals surface area contributed by atoms with E-state index in [0.29, 0.717) is 24.2 Å². The second kappa shape index (κ2) is 4.72. The van der Waals surface area contributed by atoms with Crippen molar-refractivity contribution in [1.29, 1.82) is 0 Å². The van der Waals surface area contributed by atoms with Crippen LogP contribution in [-0.4, -0.2) is 27.1 Å². The quantitative estimate of drug-likeness (QED) is 0.840. The molecule has 0 N–H and O–H groups in total. The van der Waals surface area contributed by atoms with Crippen LogP contribution in [-0.2, 0) is 14.6 Å². The molecule has 1 heterocycles. The van der Waals surface area contributed by atoms with E-state index < -0.39 is 9.84 Å². The molecule has 0 fully saturated rings. The maximum atomic E-state index is 12.0. The van der Waals surface area contributed by atoms with E-state index in [1.807, 2.05) is 0 Å². The highest BCUT2D eigenvalue weighted by Crippen LogP contribution is 2.36.